The quantitative estimate of drug-likeness (QED) is 0.570. The Hall–Kier alpha value is -3.81. The Morgan fingerprint density at radius 3 is 2.36 bits per heavy atom. The second-order valence-electron chi connectivity index (χ2n) is 5.97. The summed E-state index contributed by atoms with van der Waals surface area (Å²) in [5.41, 5.74) is 2.79. The highest BCUT2D eigenvalue weighted by Crippen LogP contribution is 2.44. The van der Waals surface area contributed by atoms with Crippen LogP contribution in [0.4, 0.5) is 0 Å². The lowest BCUT2D eigenvalue weighted by atomic mass is 9.98. The van der Waals surface area contributed by atoms with E-state index in [1.807, 2.05) is 24.3 Å². The van der Waals surface area contributed by atoms with Crippen molar-refractivity contribution in [2.24, 2.45) is 0 Å². The Bertz CT molecular complexity index is 1140. The molecule has 0 unspecified atom stereocenters. The molecule has 0 fully saturated rings. The van der Waals surface area contributed by atoms with Gasteiger partial charge >= 0.3 is 0 Å². The van der Waals surface area contributed by atoms with Crippen LogP contribution in [-0.4, -0.2) is 46.0 Å². The van der Waals surface area contributed by atoms with Crippen molar-refractivity contribution in [3.8, 4) is 45.4 Å². The maximum Gasteiger partial charge on any atom is 0.255 e. The summed E-state index contributed by atoms with van der Waals surface area (Å²) in [6, 6.07) is 10.8. The normalized spacial score (nSPS) is 10.8. The summed E-state index contributed by atoms with van der Waals surface area (Å²) in [6.07, 6.45) is 3.23. The number of aromatic hydroxyl groups is 1. The standard InChI is InChI=1S/C20H18N4O4/c1-26-13-6-4-12(5-7-13)19-15(10-21-20-23-22-11-24(19)20)18-16(25)8-14(27-2)9-17(18)28-3/h4-11,25H,1-3H3. The summed E-state index contributed by atoms with van der Waals surface area (Å²) in [7, 11) is 4.68. The monoisotopic (exact) mass is 378 g/mol. The van der Waals surface area contributed by atoms with Crippen LogP contribution in [0.1, 0.15) is 0 Å². The maximum absolute atomic E-state index is 10.7. The SMILES string of the molecule is COc1ccc(-c2c(-c3c(O)cc(OC)cc3OC)cnc3nncn23)cc1. The van der Waals surface area contributed by atoms with Gasteiger partial charge in [0.2, 0.25) is 0 Å². The van der Waals surface area contributed by atoms with E-state index in [0.29, 0.717) is 28.4 Å². The molecular formula is C20H18N4O4. The summed E-state index contributed by atoms with van der Waals surface area (Å²) in [6.45, 7) is 0. The van der Waals surface area contributed by atoms with Crippen molar-refractivity contribution in [2.75, 3.05) is 21.3 Å². The first kappa shape index (κ1) is 17.6. The molecule has 0 radical (unpaired) electrons. The van der Waals surface area contributed by atoms with Crippen LogP contribution in [0.2, 0.25) is 0 Å². The Balaban J connectivity index is 2.03. The molecule has 0 amide bonds. The molecule has 4 aromatic rings. The fraction of sp³-hybridized carbons (Fsp3) is 0.150. The van der Waals surface area contributed by atoms with Crippen LogP contribution in [0.25, 0.3) is 28.2 Å². The zero-order chi connectivity index (χ0) is 19.7. The third kappa shape index (κ3) is 2.84. The van der Waals surface area contributed by atoms with Crippen molar-refractivity contribution in [3.05, 3.63) is 48.9 Å². The van der Waals surface area contributed by atoms with Crippen molar-refractivity contribution in [1.29, 1.82) is 0 Å². The molecule has 0 saturated heterocycles. The molecule has 0 saturated carbocycles. The minimum absolute atomic E-state index is 0.0141. The average molecular weight is 378 g/mol. The molecule has 2 aromatic carbocycles. The Kier molecular flexibility index (Phi) is 4.44. The molecule has 0 bridgehead atoms. The van der Waals surface area contributed by atoms with Gasteiger partial charge in [-0.1, -0.05) is 0 Å². The number of phenolic OH excluding ortho intramolecular Hbond substituents is 1. The number of nitrogens with zero attached hydrogens (tertiary/aromatic N) is 4. The van der Waals surface area contributed by atoms with Gasteiger partial charge in [0.05, 0.1) is 32.6 Å². The molecule has 2 heterocycles. The van der Waals surface area contributed by atoms with Crippen LogP contribution in [0.3, 0.4) is 0 Å². The molecule has 0 aliphatic heterocycles. The lowest BCUT2D eigenvalue weighted by molar-refractivity contribution is 0.386. The number of aromatic nitrogens is 4. The van der Waals surface area contributed by atoms with E-state index in [-0.39, 0.29) is 5.75 Å². The Morgan fingerprint density at radius 2 is 1.68 bits per heavy atom. The number of fused-ring (bicyclic) bond motifs is 1. The van der Waals surface area contributed by atoms with E-state index in [0.717, 1.165) is 17.0 Å². The number of methoxy groups -OCH3 is 3. The number of phenols is 1. The lowest BCUT2D eigenvalue weighted by Gasteiger charge is -2.17. The zero-order valence-corrected chi connectivity index (χ0v) is 15.6. The van der Waals surface area contributed by atoms with Gasteiger partial charge < -0.3 is 19.3 Å². The molecule has 0 atom stereocenters. The van der Waals surface area contributed by atoms with E-state index >= 15 is 0 Å². The molecular weight excluding hydrogens is 360 g/mol. The molecule has 8 nitrogen and oxygen atoms in total. The first-order chi connectivity index (χ1) is 13.7. The van der Waals surface area contributed by atoms with Gasteiger partial charge in [-0.2, -0.15) is 0 Å². The molecule has 4 rings (SSSR count). The number of ether oxygens (including phenoxy) is 3. The third-order valence-corrected chi connectivity index (χ3v) is 4.48. The van der Waals surface area contributed by atoms with Crippen molar-refractivity contribution < 1.29 is 19.3 Å². The van der Waals surface area contributed by atoms with E-state index < -0.39 is 0 Å². The second kappa shape index (κ2) is 7.07. The number of benzene rings is 2. The first-order valence-corrected chi connectivity index (χ1v) is 8.44. The molecule has 2 aromatic heterocycles. The van der Waals surface area contributed by atoms with Crippen molar-refractivity contribution in [1.82, 2.24) is 19.6 Å². The highest BCUT2D eigenvalue weighted by molar-refractivity contribution is 5.88. The minimum Gasteiger partial charge on any atom is -0.507 e. The molecule has 0 spiro atoms. The summed E-state index contributed by atoms with van der Waals surface area (Å²) >= 11 is 0. The van der Waals surface area contributed by atoms with Crippen LogP contribution < -0.4 is 14.2 Å². The highest BCUT2D eigenvalue weighted by atomic mass is 16.5. The van der Waals surface area contributed by atoms with Crippen molar-refractivity contribution >= 4 is 5.78 Å². The Labute approximate surface area is 161 Å². The maximum atomic E-state index is 10.7. The van der Waals surface area contributed by atoms with Crippen LogP contribution >= 0.6 is 0 Å². The first-order valence-electron chi connectivity index (χ1n) is 8.44. The summed E-state index contributed by atoms with van der Waals surface area (Å²) < 4.78 is 17.8. The van der Waals surface area contributed by atoms with Gasteiger partial charge in [-0.05, 0) is 29.8 Å². The number of rotatable bonds is 5. The molecule has 0 aliphatic rings. The predicted molar refractivity (Wildman–Crippen MR) is 103 cm³/mol. The lowest BCUT2D eigenvalue weighted by Crippen LogP contribution is -2.00. The largest absolute Gasteiger partial charge is 0.507 e. The second-order valence-corrected chi connectivity index (χ2v) is 5.97. The predicted octanol–water partition coefficient (Wildman–Crippen LogP) is 3.19. The summed E-state index contributed by atoms with van der Waals surface area (Å²) in [4.78, 5) is 4.36. The van der Waals surface area contributed by atoms with Crippen molar-refractivity contribution in [3.63, 3.8) is 0 Å². The van der Waals surface area contributed by atoms with Gasteiger partial charge in [-0.3, -0.25) is 4.40 Å². The van der Waals surface area contributed by atoms with E-state index in [4.69, 9.17) is 14.2 Å². The Morgan fingerprint density at radius 1 is 0.929 bits per heavy atom. The van der Waals surface area contributed by atoms with E-state index in [2.05, 4.69) is 15.2 Å². The number of hydrogen-bond acceptors (Lipinski definition) is 7. The van der Waals surface area contributed by atoms with Crippen LogP contribution in [0, 0.1) is 0 Å². The summed E-state index contributed by atoms with van der Waals surface area (Å²) in [5, 5.41) is 18.7. The fourth-order valence-corrected chi connectivity index (χ4v) is 3.14. The van der Waals surface area contributed by atoms with Crippen LogP contribution in [0.5, 0.6) is 23.0 Å². The van der Waals surface area contributed by atoms with Gasteiger partial charge in [-0.15, -0.1) is 10.2 Å². The van der Waals surface area contributed by atoms with Gasteiger partial charge in [0.25, 0.3) is 5.78 Å². The van der Waals surface area contributed by atoms with Gasteiger partial charge in [0.1, 0.15) is 29.3 Å². The molecule has 1 N–H and O–H groups in total. The third-order valence-electron chi connectivity index (χ3n) is 4.48. The fourth-order valence-electron chi connectivity index (χ4n) is 3.14. The highest BCUT2D eigenvalue weighted by Gasteiger charge is 2.21. The minimum atomic E-state index is 0.0141. The van der Waals surface area contributed by atoms with Crippen LogP contribution in [-0.2, 0) is 0 Å². The molecule has 8 heteroatoms. The average Bonchev–Trinajstić information content (AvgIpc) is 3.21. The smallest absolute Gasteiger partial charge is 0.255 e. The van der Waals surface area contributed by atoms with Crippen LogP contribution in [0.15, 0.2) is 48.9 Å². The zero-order valence-electron chi connectivity index (χ0n) is 15.6. The van der Waals surface area contributed by atoms with Gasteiger partial charge in [0, 0.05) is 23.9 Å². The topological polar surface area (TPSA) is 91.0 Å². The van der Waals surface area contributed by atoms with Gasteiger partial charge in [0.15, 0.2) is 0 Å². The van der Waals surface area contributed by atoms with Crippen molar-refractivity contribution in [2.45, 2.75) is 0 Å². The molecule has 28 heavy (non-hydrogen) atoms. The van der Waals surface area contributed by atoms with E-state index in [1.54, 1.807) is 30.1 Å². The molecule has 0 aliphatic carbocycles. The van der Waals surface area contributed by atoms with E-state index in [9.17, 15) is 5.11 Å². The molecule has 142 valence electrons. The van der Waals surface area contributed by atoms with E-state index in [1.165, 1.54) is 20.3 Å². The van der Waals surface area contributed by atoms with Gasteiger partial charge in [-0.25, -0.2) is 4.98 Å². The summed E-state index contributed by atoms with van der Waals surface area (Å²) in [5.74, 6) is 2.15. The number of hydrogen-bond donors (Lipinski definition) is 1.